The maximum Gasteiger partial charge on any atom is 0.408 e. The van der Waals surface area contributed by atoms with Gasteiger partial charge in [0, 0.05) is 0 Å². The third kappa shape index (κ3) is 6.86. The lowest BCUT2D eigenvalue weighted by molar-refractivity contribution is -0.139. The van der Waals surface area contributed by atoms with E-state index in [9.17, 15) is 9.59 Å². The van der Waals surface area contributed by atoms with Crippen LogP contribution in [-0.4, -0.2) is 28.8 Å². The van der Waals surface area contributed by atoms with Crippen LogP contribution in [0.5, 0.6) is 0 Å². The lowest BCUT2D eigenvalue weighted by Gasteiger charge is -2.21. The number of nitrogens with one attached hydrogen (secondary N) is 1. The van der Waals surface area contributed by atoms with E-state index >= 15 is 0 Å². The molecular weight excluding hydrogens is 210 g/mol. The highest BCUT2D eigenvalue weighted by molar-refractivity contribution is 5.80. The zero-order chi connectivity index (χ0) is 12.8. The lowest BCUT2D eigenvalue weighted by atomic mass is 10.2. The van der Waals surface area contributed by atoms with E-state index in [4.69, 9.17) is 9.84 Å². The Balaban J connectivity index is 4.29. The monoisotopic (exact) mass is 229 g/mol. The zero-order valence-corrected chi connectivity index (χ0v) is 10.1. The van der Waals surface area contributed by atoms with E-state index in [1.54, 1.807) is 39.8 Å². The molecule has 0 aromatic rings. The highest BCUT2D eigenvalue weighted by atomic mass is 16.6. The number of alkyl carbamates (subject to hydrolysis) is 1. The SMILES string of the molecule is C/C=C/CC(NC(=O)OC(C)(C)C)C(=O)O. The van der Waals surface area contributed by atoms with Crippen molar-refractivity contribution in [1.82, 2.24) is 5.32 Å². The smallest absolute Gasteiger partial charge is 0.408 e. The van der Waals surface area contributed by atoms with Crippen molar-refractivity contribution >= 4 is 12.1 Å². The lowest BCUT2D eigenvalue weighted by Crippen LogP contribution is -2.43. The zero-order valence-electron chi connectivity index (χ0n) is 10.1. The summed E-state index contributed by atoms with van der Waals surface area (Å²) >= 11 is 0. The van der Waals surface area contributed by atoms with Gasteiger partial charge in [-0.05, 0) is 34.1 Å². The third-order valence-electron chi connectivity index (χ3n) is 1.60. The normalized spacial score (nSPS) is 13.5. The van der Waals surface area contributed by atoms with Gasteiger partial charge < -0.3 is 15.2 Å². The number of allylic oxidation sites excluding steroid dienone is 1. The summed E-state index contributed by atoms with van der Waals surface area (Å²) in [6.07, 6.45) is 2.93. The van der Waals surface area contributed by atoms with Crippen LogP contribution in [0.4, 0.5) is 4.79 Å². The Hall–Kier alpha value is -1.52. The Morgan fingerprint density at radius 3 is 2.38 bits per heavy atom. The predicted molar refractivity (Wildman–Crippen MR) is 60.2 cm³/mol. The van der Waals surface area contributed by atoms with Crippen molar-refractivity contribution in [1.29, 1.82) is 0 Å². The number of rotatable bonds is 4. The van der Waals surface area contributed by atoms with Crippen LogP contribution in [0, 0.1) is 0 Å². The molecule has 0 rings (SSSR count). The summed E-state index contributed by atoms with van der Waals surface area (Å²) in [6.45, 7) is 6.93. The van der Waals surface area contributed by atoms with E-state index in [0.717, 1.165) is 0 Å². The molecule has 0 radical (unpaired) electrons. The molecule has 1 atom stereocenters. The summed E-state index contributed by atoms with van der Waals surface area (Å²) < 4.78 is 4.96. The molecule has 0 saturated carbocycles. The molecule has 1 unspecified atom stereocenters. The maximum absolute atomic E-state index is 11.3. The van der Waals surface area contributed by atoms with Crippen LogP contribution >= 0.6 is 0 Å². The van der Waals surface area contributed by atoms with Crippen molar-refractivity contribution in [2.45, 2.75) is 45.8 Å². The summed E-state index contributed by atoms with van der Waals surface area (Å²) in [6, 6.07) is -0.953. The molecule has 0 spiro atoms. The molecule has 5 nitrogen and oxygen atoms in total. The number of aliphatic carboxylic acids is 1. The van der Waals surface area contributed by atoms with Crippen LogP contribution in [0.15, 0.2) is 12.2 Å². The first-order valence-electron chi connectivity index (χ1n) is 5.09. The van der Waals surface area contributed by atoms with Crippen molar-refractivity contribution < 1.29 is 19.4 Å². The Labute approximate surface area is 95.5 Å². The molecule has 0 aliphatic carbocycles. The van der Waals surface area contributed by atoms with Gasteiger partial charge in [-0.1, -0.05) is 12.2 Å². The first-order chi connectivity index (χ1) is 7.26. The molecule has 0 aromatic carbocycles. The van der Waals surface area contributed by atoms with Crippen LogP contribution in [0.3, 0.4) is 0 Å². The van der Waals surface area contributed by atoms with Crippen molar-refractivity contribution in [3.05, 3.63) is 12.2 Å². The van der Waals surface area contributed by atoms with Crippen molar-refractivity contribution in [2.24, 2.45) is 0 Å². The number of carbonyl (C=O) groups excluding carboxylic acids is 1. The van der Waals surface area contributed by atoms with E-state index in [-0.39, 0.29) is 6.42 Å². The van der Waals surface area contributed by atoms with E-state index in [2.05, 4.69) is 5.32 Å². The van der Waals surface area contributed by atoms with Crippen LogP contribution < -0.4 is 5.32 Å². The summed E-state index contributed by atoms with van der Waals surface area (Å²) in [7, 11) is 0. The number of hydrogen-bond acceptors (Lipinski definition) is 3. The predicted octanol–water partition coefficient (Wildman–Crippen LogP) is 1.93. The molecule has 5 heteroatoms. The van der Waals surface area contributed by atoms with Gasteiger partial charge in [-0.2, -0.15) is 0 Å². The molecule has 0 saturated heterocycles. The molecular formula is C11H19NO4. The number of carboxylic acid groups (broad SMARTS) is 1. The molecule has 0 aromatic heterocycles. The number of ether oxygens (including phenoxy) is 1. The maximum atomic E-state index is 11.3. The highest BCUT2D eigenvalue weighted by Gasteiger charge is 2.22. The highest BCUT2D eigenvalue weighted by Crippen LogP contribution is 2.07. The van der Waals surface area contributed by atoms with Gasteiger partial charge >= 0.3 is 12.1 Å². The van der Waals surface area contributed by atoms with Gasteiger partial charge in [0.1, 0.15) is 11.6 Å². The van der Waals surface area contributed by atoms with Crippen molar-refractivity contribution in [3.63, 3.8) is 0 Å². The minimum absolute atomic E-state index is 0.241. The number of carbonyl (C=O) groups is 2. The van der Waals surface area contributed by atoms with Crippen LogP contribution in [0.1, 0.15) is 34.1 Å². The van der Waals surface area contributed by atoms with E-state index in [1.165, 1.54) is 0 Å². The quantitative estimate of drug-likeness (QED) is 0.722. The van der Waals surface area contributed by atoms with E-state index < -0.39 is 23.7 Å². The summed E-state index contributed by atoms with van der Waals surface area (Å²) in [5, 5.41) is 11.1. The standard InChI is InChI=1S/C11H19NO4/c1-5-6-7-8(9(13)14)12-10(15)16-11(2,3)4/h5-6,8H,7H2,1-4H3,(H,12,15)(H,13,14)/b6-5+. The first-order valence-corrected chi connectivity index (χ1v) is 5.09. The Bertz CT molecular complexity index is 278. The Morgan fingerprint density at radius 1 is 1.44 bits per heavy atom. The molecule has 92 valence electrons. The van der Waals surface area contributed by atoms with Crippen LogP contribution in [0.2, 0.25) is 0 Å². The van der Waals surface area contributed by atoms with Crippen LogP contribution in [0.25, 0.3) is 0 Å². The fourth-order valence-corrected chi connectivity index (χ4v) is 0.943. The molecule has 2 N–H and O–H groups in total. The third-order valence-corrected chi connectivity index (χ3v) is 1.60. The number of carboxylic acids is 1. The summed E-state index contributed by atoms with van der Waals surface area (Å²) in [5.74, 6) is -1.08. The van der Waals surface area contributed by atoms with E-state index in [1.807, 2.05) is 0 Å². The number of amides is 1. The fraction of sp³-hybridized carbons (Fsp3) is 0.636. The van der Waals surface area contributed by atoms with E-state index in [0.29, 0.717) is 0 Å². The molecule has 0 aliphatic heterocycles. The topological polar surface area (TPSA) is 75.6 Å². The summed E-state index contributed by atoms with van der Waals surface area (Å²) in [5.41, 5.74) is -0.631. The summed E-state index contributed by atoms with van der Waals surface area (Å²) in [4.78, 5) is 22.1. The minimum Gasteiger partial charge on any atom is -0.480 e. The first kappa shape index (κ1) is 14.5. The minimum atomic E-state index is -1.08. The molecule has 0 aliphatic rings. The molecule has 0 fully saturated rings. The Kier molecular flexibility index (Phi) is 5.56. The van der Waals surface area contributed by atoms with Crippen LogP contribution in [-0.2, 0) is 9.53 Å². The second-order valence-electron chi connectivity index (χ2n) is 4.34. The van der Waals surface area contributed by atoms with Gasteiger partial charge in [-0.25, -0.2) is 9.59 Å². The average Bonchev–Trinajstić information content (AvgIpc) is 2.08. The van der Waals surface area contributed by atoms with Gasteiger partial charge in [0.05, 0.1) is 0 Å². The number of hydrogen-bond donors (Lipinski definition) is 2. The molecule has 16 heavy (non-hydrogen) atoms. The largest absolute Gasteiger partial charge is 0.480 e. The molecule has 0 bridgehead atoms. The van der Waals surface area contributed by atoms with Gasteiger partial charge in [0.2, 0.25) is 0 Å². The molecule has 1 amide bonds. The van der Waals surface area contributed by atoms with Crippen molar-refractivity contribution in [2.75, 3.05) is 0 Å². The fourth-order valence-electron chi connectivity index (χ4n) is 0.943. The Morgan fingerprint density at radius 2 is 2.00 bits per heavy atom. The second-order valence-corrected chi connectivity index (χ2v) is 4.34. The average molecular weight is 229 g/mol. The van der Waals surface area contributed by atoms with Gasteiger partial charge in [-0.15, -0.1) is 0 Å². The van der Waals surface area contributed by atoms with Gasteiger partial charge in [-0.3, -0.25) is 0 Å². The van der Waals surface area contributed by atoms with Gasteiger partial charge in [0.15, 0.2) is 0 Å². The second kappa shape index (κ2) is 6.15. The van der Waals surface area contributed by atoms with Crippen molar-refractivity contribution in [3.8, 4) is 0 Å². The molecule has 0 heterocycles. The van der Waals surface area contributed by atoms with Gasteiger partial charge in [0.25, 0.3) is 0 Å².